The molecule has 7 heteroatoms. The van der Waals surface area contributed by atoms with Gasteiger partial charge < -0.3 is 10.6 Å². The van der Waals surface area contributed by atoms with Crippen LogP contribution in [0.15, 0.2) is 54.7 Å². The third kappa shape index (κ3) is 3.44. The zero-order chi connectivity index (χ0) is 19.0. The van der Waals surface area contributed by atoms with Crippen LogP contribution in [0.4, 0.5) is 11.5 Å². The summed E-state index contributed by atoms with van der Waals surface area (Å²) in [6.07, 6.45) is 1.68. The van der Waals surface area contributed by atoms with Gasteiger partial charge in [-0.2, -0.15) is 5.10 Å². The lowest BCUT2D eigenvalue weighted by Crippen LogP contribution is -2.23. The molecule has 1 aromatic heterocycles. The van der Waals surface area contributed by atoms with Crippen molar-refractivity contribution in [1.82, 2.24) is 9.78 Å². The van der Waals surface area contributed by atoms with Crippen molar-refractivity contribution in [2.45, 2.75) is 19.4 Å². The summed E-state index contributed by atoms with van der Waals surface area (Å²) in [5.41, 5.74) is 3.38. The van der Waals surface area contributed by atoms with Gasteiger partial charge in [0.2, 0.25) is 5.91 Å². The number of hydrogen-bond acceptors (Lipinski definition) is 3. The molecule has 0 bridgehead atoms. The molecular formula is C20H17ClN4O2. The van der Waals surface area contributed by atoms with Gasteiger partial charge in [-0.15, -0.1) is 0 Å². The van der Waals surface area contributed by atoms with Gasteiger partial charge in [-0.1, -0.05) is 35.9 Å². The van der Waals surface area contributed by atoms with E-state index in [1.54, 1.807) is 16.9 Å². The molecular weight excluding hydrogens is 364 g/mol. The molecule has 1 aliphatic heterocycles. The highest BCUT2D eigenvalue weighted by Crippen LogP contribution is 2.36. The predicted molar refractivity (Wildman–Crippen MR) is 105 cm³/mol. The van der Waals surface area contributed by atoms with Gasteiger partial charge in [-0.05, 0) is 42.3 Å². The number of benzene rings is 2. The van der Waals surface area contributed by atoms with Crippen molar-refractivity contribution in [1.29, 1.82) is 0 Å². The van der Waals surface area contributed by atoms with Crippen LogP contribution < -0.4 is 10.6 Å². The topological polar surface area (TPSA) is 76.0 Å². The molecule has 6 nitrogen and oxygen atoms in total. The zero-order valence-electron chi connectivity index (χ0n) is 14.6. The number of carbonyl (C=O) groups excluding carboxylic acids is 2. The fraction of sp³-hybridized carbons (Fsp3) is 0.150. The first-order valence-electron chi connectivity index (χ1n) is 8.52. The number of carbonyl (C=O) groups is 2. The highest BCUT2D eigenvalue weighted by molar-refractivity contribution is 6.30. The van der Waals surface area contributed by atoms with Crippen LogP contribution in [0.1, 0.15) is 18.0 Å². The summed E-state index contributed by atoms with van der Waals surface area (Å²) in [7, 11) is 0. The zero-order valence-corrected chi connectivity index (χ0v) is 15.3. The smallest absolute Gasteiger partial charge is 0.251 e. The van der Waals surface area contributed by atoms with Crippen LogP contribution in [0.5, 0.6) is 0 Å². The van der Waals surface area contributed by atoms with Gasteiger partial charge in [0.15, 0.2) is 0 Å². The lowest BCUT2D eigenvalue weighted by Gasteiger charge is -2.10. The van der Waals surface area contributed by atoms with Gasteiger partial charge in [0, 0.05) is 16.3 Å². The number of hydrogen-bond donors (Lipinski definition) is 2. The first kappa shape index (κ1) is 17.3. The van der Waals surface area contributed by atoms with Gasteiger partial charge >= 0.3 is 0 Å². The molecule has 0 aliphatic carbocycles. The molecule has 2 heterocycles. The average molecular weight is 381 g/mol. The number of anilines is 2. The SMILES string of the molecule is Cc1cccc(NC(=O)CC2C(=O)Nc3c(-c4cccc(Cl)c4)cnn32)c1. The molecule has 1 atom stereocenters. The van der Waals surface area contributed by atoms with Crippen molar-refractivity contribution in [2.75, 3.05) is 10.6 Å². The maximum atomic E-state index is 12.4. The third-order valence-corrected chi connectivity index (χ3v) is 4.69. The summed E-state index contributed by atoms with van der Waals surface area (Å²) in [5.74, 6) is 0.0878. The number of aryl methyl sites for hydroxylation is 1. The number of nitrogens with zero attached hydrogens (tertiary/aromatic N) is 2. The van der Waals surface area contributed by atoms with Crippen molar-refractivity contribution < 1.29 is 9.59 Å². The minimum absolute atomic E-state index is 0.00341. The van der Waals surface area contributed by atoms with Gasteiger partial charge in [0.25, 0.3) is 5.91 Å². The van der Waals surface area contributed by atoms with E-state index in [-0.39, 0.29) is 18.2 Å². The van der Waals surface area contributed by atoms with Crippen LogP contribution >= 0.6 is 11.6 Å². The maximum Gasteiger partial charge on any atom is 0.251 e. The average Bonchev–Trinajstić information content (AvgIpc) is 3.15. The summed E-state index contributed by atoms with van der Waals surface area (Å²) in [6.45, 7) is 1.95. The van der Waals surface area contributed by atoms with Crippen LogP contribution in [0.3, 0.4) is 0 Å². The fourth-order valence-corrected chi connectivity index (χ4v) is 3.38. The molecule has 2 aromatic carbocycles. The lowest BCUT2D eigenvalue weighted by atomic mass is 10.1. The van der Waals surface area contributed by atoms with Crippen molar-refractivity contribution in [2.24, 2.45) is 0 Å². The first-order valence-corrected chi connectivity index (χ1v) is 8.90. The number of rotatable bonds is 4. The molecule has 0 saturated carbocycles. The lowest BCUT2D eigenvalue weighted by molar-refractivity contribution is -0.123. The van der Waals surface area contributed by atoms with Gasteiger partial charge in [-0.25, -0.2) is 4.68 Å². The van der Waals surface area contributed by atoms with Gasteiger partial charge in [0.1, 0.15) is 11.9 Å². The third-order valence-electron chi connectivity index (χ3n) is 4.45. The standard InChI is InChI=1S/C20H17ClN4O2/c1-12-4-2-7-15(8-12)23-18(26)10-17-20(27)24-19-16(11-22-25(17)19)13-5-3-6-14(21)9-13/h2-9,11,17H,10H2,1H3,(H,23,26)(H,24,27). The van der Waals surface area contributed by atoms with Crippen LogP contribution in [-0.2, 0) is 9.59 Å². The second-order valence-corrected chi connectivity index (χ2v) is 6.93. The summed E-state index contributed by atoms with van der Waals surface area (Å²) in [6, 6.07) is 14.2. The number of fused-ring (bicyclic) bond motifs is 1. The Morgan fingerprint density at radius 2 is 2.07 bits per heavy atom. The highest BCUT2D eigenvalue weighted by atomic mass is 35.5. The highest BCUT2D eigenvalue weighted by Gasteiger charge is 2.35. The Balaban J connectivity index is 1.55. The number of halogens is 1. The van der Waals surface area contributed by atoms with Gasteiger partial charge in [0.05, 0.1) is 12.6 Å². The van der Waals surface area contributed by atoms with Crippen molar-refractivity contribution in [3.63, 3.8) is 0 Å². The summed E-state index contributed by atoms with van der Waals surface area (Å²) in [5, 5.41) is 10.6. The largest absolute Gasteiger partial charge is 0.326 e. The Morgan fingerprint density at radius 1 is 1.26 bits per heavy atom. The minimum Gasteiger partial charge on any atom is -0.326 e. The quantitative estimate of drug-likeness (QED) is 0.717. The Labute approximate surface area is 161 Å². The van der Waals surface area contributed by atoms with E-state index in [4.69, 9.17) is 11.6 Å². The molecule has 136 valence electrons. The van der Waals surface area contributed by atoms with Gasteiger partial charge in [-0.3, -0.25) is 9.59 Å². The second kappa shape index (κ2) is 6.89. The van der Waals surface area contributed by atoms with E-state index >= 15 is 0 Å². The predicted octanol–water partition coefficient (Wildman–Crippen LogP) is 4.03. The molecule has 0 saturated heterocycles. The van der Waals surface area contributed by atoms with E-state index in [9.17, 15) is 9.59 Å². The Morgan fingerprint density at radius 3 is 2.85 bits per heavy atom. The molecule has 0 radical (unpaired) electrons. The van der Waals surface area contributed by atoms with Crippen LogP contribution in [-0.4, -0.2) is 21.6 Å². The molecule has 2 amide bonds. The molecule has 3 aromatic rings. The van der Waals surface area contributed by atoms with Crippen molar-refractivity contribution in [3.05, 3.63) is 65.3 Å². The normalized spacial score (nSPS) is 15.3. The van der Waals surface area contributed by atoms with E-state index < -0.39 is 6.04 Å². The second-order valence-electron chi connectivity index (χ2n) is 6.49. The molecule has 1 unspecified atom stereocenters. The molecule has 0 spiro atoms. The fourth-order valence-electron chi connectivity index (χ4n) is 3.19. The molecule has 1 aliphatic rings. The van der Waals surface area contributed by atoms with E-state index in [1.165, 1.54) is 0 Å². The number of aromatic nitrogens is 2. The maximum absolute atomic E-state index is 12.4. The molecule has 27 heavy (non-hydrogen) atoms. The number of nitrogens with one attached hydrogen (secondary N) is 2. The van der Waals surface area contributed by atoms with Crippen molar-refractivity contribution >= 4 is 34.9 Å². The Kier molecular flexibility index (Phi) is 4.41. The summed E-state index contributed by atoms with van der Waals surface area (Å²) in [4.78, 5) is 24.8. The minimum atomic E-state index is -0.683. The summed E-state index contributed by atoms with van der Waals surface area (Å²) >= 11 is 6.06. The van der Waals surface area contributed by atoms with E-state index in [0.717, 1.165) is 16.7 Å². The van der Waals surface area contributed by atoms with Crippen LogP contribution in [0, 0.1) is 6.92 Å². The Hall–Kier alpha value is -3.12. The van der Waals surface area contributed by atoms with E-state index in [1.807, 2.05) is 49.4 Å². The summed E-state index contributed by atoms with van der Waals surface area (Å²) < 4.78 is 1.56. The monoisotopic (exact) mass is 380 g/mol. The van der Waals surface area contributed by atoms with E-state index in [0.29, 0.717) is 16.5 Å². The van der Waals surface area contributed by atoms with E-state index in [2.05, 4.69) is 15.7 Å². The van der Waals surface area contributed by atoms with Crippen molar-refractivity contribution in [3.8, 4) is 11.1 Å². The number of amides is 2. The molecule has 2 N–H and O–H groups in total. The Bertz CT molecular complexity index is 1040. The first-order chi connectivity index (χ1) is 13.0. The van der Waals surface area contributed by atoms with Crippen LogP contribution in [0.25, 0.3) is 11.1 Å². The molecule has 0 fully saturated rings. The van der Waals surface area contributed by atoms with Crippen LogP contribution in [0.2, 0.25) is 5.02 Å². The molecule has 4 rings (SSSR count).